The highest BCUT2D eigenvalue weighted by molar-refractivity contribution is 9.08. The van der Waals surface area contributed by atoms with Crippen molar-refractivity contribution in [1.29, 1.82) is 0 Å². The van der Waals surface area contributed by atoms with Crippen LogP contribution in [-0.2, 0) is 5.33 Å². The first-order valence-electron chi connectivity index (χ1n) is 2.60. The maximum absolute atomic E-state index is 12.7. The average molecular weight is 224 g/mol. The van der Waals surface area contributed by atoms with E-state index >= 15 is 0 Å². The molecule has 0 bridgehead atoms. The number of hydrogen-bond donors (Lipinski definition) is 0. The lowest BCUT2D eigenvalue weighted by molar-refractivity contribution is 0.609. The Morgan fingerprint density at radius 2 is 2.40 bits per heavy atom. The Bertz CT molecular complexity index is 241. The van der Waals surface area contributed by atoms with E-state index in [9.17, 15) is 4.39 Å². The molecule has 0 amide bonds. The molecule has 54 valence electrons. The molecule has 0 N–H and O–H groups in total. The van der Waals surface area contributed by atoms with Crippen molar-refractivity contribution in [3.05, 3.63) is 28.8 Å². The number of aromatic nitrogens is 1. The number of nitrogens with zero attached hydrogens (tertiary/aromatic N) is 1. The molecule has 0 aliphatic rings. The lowest BCUT2D eigenvalue weighted by Gasteiger charge is -1.95. The van der Waals surface area contributed by atoms with Crippen LogP contribution in [-0.4, -0.2) is 4.98 Å². The van der Waals surface area contributed by atoms with E-state index in [1.165, 1.54) is 12.3 Å². The SMILES string of the molecule is Fc1cc(Cl)cnc1CBr. The fraction of sp³-hybridized carbons (Fsp3) is 0.167. The van der Waals surface area contributed by atoms with Crippen molar-refractivity contribution in [3.8, 4) is 0 Å². The summed E-state index contributed by atoms with van der Waals surface area (Å²) in [6.07, 6.45) is 1.42. The Morgan fingerprint density at radius 3 is 2.90 bits per heavy atom. The van der Waals surface area contributed by atoms with Crippen LogP contribution >= 0.6 is 27.5 Å². The number of hydrogen-bond acceptors (Lipinski definition) is 1. The third-order valence-corrected chi connectivity index (χ3v) is 1.75. The van der Waals surface area contributed by atoms with E-state index in [1.807, 2.05) is 0 Å². The summed E-state index contributed by atoms with van der Waals surface area (Å²) in [6, 6.07) is 1.24. The molecule has 1 heterocycles. The normalized spacial score (nSPS) is 9.90. The zero-order valence-corrected chi connectivity index (χ0v) is 7.28. The lowest BCUT2D eigenvalue weighted by atomic mass is 10.4. The van der Waals surface area contributed by atoms with Crippen molar-refractivity contribution < 1.29 is 4.39 Å². The second kappa shape index (κ2) is 3.30. The van der Waals surface area contributed by atoms with Crippen LogP contribution in [0.4, 0.5) is 4.39 Å². The summed E-state index contributed by atoms with van der Waals surface area (Å²) in [5.74, 6) is -0.371. The number of pyridine rings is 1. The Hall–Kier alpha value is -0.150. The van der Waals surface area contributed by atoms with Crippen LogP contribution in [0.5, 0.6) is 0 Å². The van der Waals surface area contributed by atoms with Crippen molar-refractivity contribution >= 4 is 27.5 Å². The summed E-state index contributed by atoms with van der Waals surface area (Å²) in [5, 5.41) is 0.734. The van der Waals surface area contributed by atoms with Gasteiger partial charge in [-0.15, -0.1) is 0 Å². The topological polar surface area (TPSA) is 12.9 Å². The third kappa shape index (κ3) is 1.67. The van der Waals surface area contributed by atoms with Crippen molar-refractivity contribution in [1.82, 2.24) is 4.98 Å². The molecule has 1 aromatic heterocycles. The second-order valence-electron chi connectivity index (χ2n) is 1.72. The highest BCUT2D eigenvalue weighted by Gasteiger charge is 2.00. The summed E-state index contributed by atoms with van der Waals surface area (Å²) in [4.78, 5) is 3.74. The lowest BCUT2D eigenvalue weighted by Crippen LogP contribution is -1.89. The minimum absolute atomic E-state index is 0.321. The van der Waals surface area contributed by atoms with E-state index in [2.05, 4.69) is 20.9 Å². The first-order chi connectivity index (χ1) is 4.74. The van der Waals surface area contributed by atoms with Crippen LogP contribution in [0.25, 0.3) is 0 Å². The van der Waals surface area contributed by atoms with Gasteiger partial charge in [-0.25, -0.2) is 4.39 Å². The Morgan fingerprint density at radius 1 is 1.70 bits per heavy atom. The van der Waals surface area contributed by atoms with Crippen LogP contribution in [0.1, 0.15) is 5.69 Å². The van der Waals surface area contributed by atoms with Gasteiger partial charge in [0.25, 0.3) is 0 Å². The van der Waals surface area contributed by atoms with Gasteiger partial charge in [-0.2, -0.15) is 0 Å². The quantitative estimate of drug-likeness (QED) is 0.669. The molecule has 0 radical (unpaired) electrons. The van der Waals surface area contributed by atoms with Crippen molar-refractivity contribution in [3.63, 3.8) is 0 Å². The molecule has 0 saturated heterocycles. The molecule has 4 heteroatoms. The van der Waals surface area contributed by atoms with E-state index in [-0.39, 0.29) is 5.82 Å². The minimum atomic E-state index is -0.371. The molecule has 0 atom stereocenters. The van der Waals surface area contributed by atoms with E-state index in [4.69, 9.17) is 11.6 Å². The van der Waals surface area contributed by atoms with Crippen molar-refractivity contribution in [2.24, 2.45) is 0 Å². The fourth-order valence-electron chi connectivity index (χ4n) is 0.541. The monoisotopic (exact) mass is 223 g/mol. The van der Waals surface area contributed by atoms with Gasteiger partial charge in [0, 0.05) is 11.5 Å². The van der Waals surface area contributed by atoms with Crippen LogP contribution in [0, 0.1) is 5.82 Å². The van der Waals surface area contributed by atoms with Crippen LogP contribution in [0.2, 0.25) is 5.02 Å². The smallest absolute Gasteiger partial charge is 0.147 e. The second-order valence-corrected chi connectivity index (χ2v) is 2.71. The maximum atomic E-state index is 12.7. The molecule has 1 nitrogen and oxygen atoms in total. The standard InChI is InChI=1S/C6H4BrClFN/c7-2-6-5(9)1-4(8)3-10-6/h1,3H,2H2. The summed E-state index contributed by atoms with van der Waals surface area (Å²) in [5.41, 5.74) is 0.379. The van der Waals surface area contributed by atoms with Gasteiger partial charge >= 0.3 is 0 Å². The van der Waals surface area contributed by atoms with Gasteiger partial charge in [-0.1, -0.05) is 27.5 Å². The molecule has 0 aliphatic carbocycles. The van der Waals surface area contributed by atoms with Gasteiger partial charge in [0.1, 0.15) is 5.82 Å². The number of alkyl halides is 1. The molecule has 1 aromatic rings. The highest BCUT2D eigenvalue weighted by atomic mass is 79.9. The third-order valence-electron chi connectivity index (χ3n) is 1.01. The molecule has 0 aromatic carbocycles. The maximum Gasteiger partial charge on any atom is 0.147 e. The first-order valence-corrected chi connectivity index (χ1v) is 4.10. The van der Waals surface area contributed by atoms with E-state index in [1.54, 1.807) is 0 Å². The van der Waals surface area contributed by atoms with Gasteiger partial charge in [0.2, 0.25) is 0 Å². The Labute approximate surface area is 71.4 Å². The largest absolute Gasteiger partial charge is 0.256 e. The van der Waals surface area contributed by atoms with E-state index < -0.39 is 0 Å². The molecule has 0 fully saturated rings. The predicted octanol–water partition coefficient (Wildman–Crippen LogP) is 2.77. The summed E-state index contributed by atoms with van der Waals surface area (Å²) < 4.78 is 12.7. The predicted molar refractivity (Wildman–Crippen MR) is 41.8 cm³/mol. The van der Waals surface area contributed by atoms with Crippen molar-refractivity contribution in [2.45, 2.75) is 5.33 Å². The molecule has 0 spiro atoms. The summed E-state index contributed by atoms with van der Waals surface area (Å²) >= 11 is 8.54. The fourth-order valence-corrected chi connectivity index (χ4v) is 1.10. The molecule has 0 unspecified atom stereocenters. The van der Waals surface area contributed by atoms with Crippen LogP contribution in [0.3, 0.4) is 0 Å². The number of halogens is 3. The van der Waals surface area contributed by atoms with E-state index in [0.717, 1.165) is 0 Å². The molecule has 10 heavy (non-hydrogen) atoms. The number of rotatable bonds is 1. The van der Waals surface area contributed by atoms with Gasteiger partial charge in [-0.05, 0) is 6.07 Å². The highest BCUT2D eigenvalue weighted by Crippen LogP contribution is 2.13. The van der Waals surface area contributed by atoms with Crippen molar-refractivity contribution in [2.75, 3.05) is 0 Å². The Balaban J connectivity index is 3.07. The first kappa shape index (κ1) is 7.95. The van der Waals surface area contributed by atoms with Gasteiger partial charge in [0.05, 0.1) is 10.7 Å². The van der Waals surface area contributed by atoms with Crippen LogP contribution in [0.15, 0.2) is 12.3 Å². The minimum Gasteiger partial charge on any atom is -0.256 e. The van der Waals surface area contributed by atoms with E-state index in [0.29, 0.717) is 16.0 Å². The van der Waals surface area contributed by atoms with Gasteiger partial charge in [-0.3, -0.25) is 4.98 Å². The molecular formula is C6H4BrClFN. The molecule has 0 aliphatic heterocycles. The zero-order chi connectivity index (χ0) is 7.56. The molecule has 1 rings (SSSR count). The zero-order valence-electron chi connectivity index (χ0n) is 4.94. The van der Waals surface area contributed by atoms with Crippen LogP contribution < -0.4 is 0 Å². The van der Waals surface area contributed by atoms with Gasteiger partial charge < -0.3 is 0 Å². The molecule has 0 saturated carbocycles. The summed E-state index contributed by atoms with van der Waals surface area (Å²) in [7, 11) is 0. The Kier molecular flexibility index (Phi) is 2.63. The summed E-state index contributed by atoms with van der Waals surface area (Å²) in [6.45, 7) is 0. The average Bonchev–Trinajstić information content (AvgIpc) is 1.88. The molecular weight excluding hydrogens is 220 g/mol. The van der Waals surface area contributed by atoms with Gasteiger partial charge in [0.15, 0.2) is 0 Å².